The second kappa shape index (κ2) is 7.53. The van der Waals surface area contributed by atoms with Gasteiger partial charge in [0.05, 0.1) is 0 Å². The number of nitrogens with one attached hydrogen (secondary N) is 1. The maximum absolute atomic E-state index is 12.2. The zero-order valence-electron chi connectivity index (χ0n) is 14.3. The number of nitrogens with zero attached hydrogens (tertiary/aromatic N) is 3. The third-order valence-electron chi connectivity index (χ3n) is 3.87. The summed E-state index contributed by atoms with van der Waals surface area (Å²) in [6, 6.07) is 23.6. The summed E-state index contributed by atoms with van der Waals surface area (Å²) in [5.74, 6) is 1.56. The summed E-state index contributed by atoms with van der Waals surface area (Å²) in [5, 5.41) is 11.1. The lowest BCUT2D eigenvalue weighted by Crippen LogP contribution is -2.11. The lowest BCUT2D eigenvalue weighted by atomic mass is 10.2. The molecule has 0 unspecified atom stereocenters. The van der Waals surface area contributed by atoms with Crippen molar-refractivity contribution in [2.75, 3.05) is 5.32 Å². The Morgan fingerprint density at radius 2 is 1.56 bits per heavy atom. The molecule has 0 aliphatic heterocycles. The number of aromatic nitrogens is 3. The van der Waals surface area contributed by atoms with Crippen molar-refractivity contribution in [3.8, 4) is 17.4 Å². The molecule has 6 nitrogen and oxygen atoms in total. The van der Waals surface area contributed by atoms with E-state index in [0.717, 1.165) is 0 Å². The fourth-order valence-electron chi connectivity index (χ4n) is 2.51. The van der Waals surface area contributed by atoms with Crippen molar-refractivity contribution in [3.63, 3.8) is 0 Å². The highest BCUT2D eigenvalue weighted by atomic mass is 16.5. The van der Waals surface area contributed by atoms with E-state index in [0.29, 0.717) is 28.7 Å². The summed E-state index contributed by atoms with van der Waals surface area (Å²) in [5.41, 5.74) is 1.29. The molecule has 6 heteroatoms. The molecule has 132 valence electrons. The smallest absolute Gasteiger partial charge is 0.255 e. The maximum atomic E-state index is 12.2. The minimum absolute atomic E-state index is 0.157. The Labute approximate surface area is 156 Å². The van der Waals surface area contributed by atoms with E-state index in [1.54, 1.807) is 42.5 Å². The zero-order chi connectivity index (χ0) is 18.5. The monoisotopic (exact) mass is 356 g/mol. The number of rotatable bonds is 5. The van der Waals surface area contributed by atoms with Crippen LogP contribution < -0.4 is 10.1 Å². The number of hydrogen-bond donors (Lipinski definition) is 1. The Kier molecular flexibility index (Phi) is 4.61. The van der Waals surface area contributed by atoms with E-state index < -0.39 is 0 Å². The van der Waals surface area contributed by atoms with Gasteiger partial charge in [-0.15, -0.1) is 10.2 Å². The molecule has 0 bridgehead atoms. The molecule has 2 aromatic carbocycles. The Bertz CT molecular complexity index is 1010. The predicted octanol–water partition coefficient (Wildman–Crippen LogP) is 4.31. The Morgan fingerprint density at radius 1 is 0.815 bits per heavy atom. The van der Waals surface area contributed by atoms with E-state index >= 15 is 0 Å². The molecule has 0 atom stereocenters. The lowest BCUT2D eigenvalue weighted by Gasteiger charge is -2.08. The van der Waals surface area contributed by atoms with Gasteiger partial charge in [0.2, 0.25) is 5.88 Å². The topological polar surface area (TPSA) is 69.0 Å². The summed E-state index contributed by atoms with van der Waals surface area (Å²) in [4.78, 5) is 12.2. The number of carbonyl (C=O) groups excluding carboxylic acids is 1. The fraction of sp³-hybridized carbons (Fsp3) is 0. The highest BCUT2D eigenvalue weighted by molar-refractivity contribution is 6.04. The van der Waals surface area contributed by atoms with Crippen LogP contribution in [0, 0.1) is 0 Å². The van der Waals surface area contributed by atoms with Gasteiger partial charge in [0.1, 0.15) is 5.75 Å². The molecule has 1 N–H and O–H groups in total. The Morgan fingerprint density at radius 3 is 2.22 bits per heavy atom. The molecular weight excluding hydrogens is 340 g/mol. The number of ether oxygens (including phenoxy) is 1. The van der Waals surface area contributed by atoms with Crippen molar-refractivity contribution in [1.82, 2.24) is 14.8 Å². The number of anilines is 1. The molecule has 2 aromatic heterocycles. The number of hydrogen-bond acceptors (Lipinski definition) is 4. The van der Waals surface area contributed by atoms with E-state index in [9.17, 15) is 4.79 Å². The Balaban J connectivity index is 1.40. The number of amides is 1. The summed E-state index contributed by atoms with van der Waals surface area (Å²) < 4.78 is 7.56. The first-order valence-electron chi connectivity index (χ1n) is 8.39. The fourth-order valence-corrected chi connectivity index (χ4v) is 2.51. The molecule has 0 aliphatic rings. The first-order valence-corrected chi connectivity index (χ1v) is 8.39. The van der Waals surface area contributed by atoms with Gasteiger partial charge in [-0.25, -0.2) is 0 Å². The van der Waals surface area contributed by atoms with Crippen LogP contribution in [0.25, 0.3) is 5.82 Å². The van der Waals surface area contributed by atoms with Gasteiger partial charge in [-0.3, -0.25) is 4.79 Å². The molecule has 0 radical (unpaired) electrons. The van der Waals surface area contributed by atoms with E-state index in [-0.39, 0.29) is 5.91 Å². The van der Waals surface area contributed by atoms with Crippen LogP contribution in [0.1, 0.15) is 10.4 Å². The van der Waals surface area contributed by atoms with Crippen LogP contribution in [0.4, 0.5) is 5.69 Å². The first-order chi connectivity index (χ1) is 13.3. The minimum Gasteiger partial charge on any atom is -0.438 e. The molecule has 1 amide bonds. The van der Waals surface area contributed by atoms with E-state index in [1.165, 1.54) is 0 Å². The van der Waals surface area contributed by atoms with Crippen LogP contribution in [-0.4, -0.2) is 20.7 Å². The molecule has 0 spiro atoms. The normalized spacial score (nSPS) is 10.4. The summed E-state index contributed by atoms with van der Waals surface area (Å²) in [6.45, 7) is 0. The van der Waals surface area contributed by atoms with Gasteiger partial charge in [-0.1, -0.05) is 18.2 Å². The molecule has 4 rings (SSSR count). The molecule has 0 saturated heterocycles. The van der Waals surface area contributed by atoms with Gasteiger partial charge in [-0.2, -0.15) is 0 Å². The quantitative estimate of drug-likeness (QED) is 0.578. The molecule has 4 aromatic rings. The van der Waals surface area contributed by atoms with Crippen LogP contribution in [0.5, 0.6) is 11.6 Å². The van der Waals surface area contributed by atoms with Gasteiger partial charge in [-0.05, 0) is 54.6 Å². The first kappa shape index (κ1) is 16.5. The lowest BCUT2D eigenvalue weighted by molar-refractivity contribution is 0.102. The second-order valence-corrected chi connectivity index (χ2v) is 5.77. The molecule has 2 heterocycles. The summed E-state index contributed by atoms with van der Waals surface area (Å²) in [6.07, 6.45) is 3.79. The van der Waals surface area contributed by atoms with E-state index in [1.807, 2.05) is 53.4 Å². The standard InChI is InChI=1S/C21H16N4O2/c26-21(16-6-2-1-3-7-16)22-17-8-10-18(11-9-17)27-20-13-12-19(23-24-20)25-14-4-5-15-25/h1-15H,(H,22,26). The van der Waals surface area contributed by atoms with Crippen LogP contribution in [-0.2, 0) is 0 Å². The SMILES string of the molecule is O=C(Nc1ccc(Oc2ccc(-n3cccc3)nn2)cc1)c1ccccc1. The van der Waals surface area contributed by atoms with Crippen molar-refractivity contribution >= 4 is 11.6 Å². The van der Waals surface area contributed by atoms with Gasteiger partial charge >= 0.3 is 0 Å². The summed E-state index contributed by atoms with van der Waals surface area (Å²) >= 11 is 0. The molecule has 0 aliphatic carbocycles. The average Bonchev–Trinajstić information content (AvgIpc) is 3.26. The van der Waals surface area contributed by atoms with Gasteiger partial charge < -0.3 is 14.6 Å². The maximum Gasteiger partial charge on any atom is 0.255 e. The van der Waals surface area contributed by atoms with Gasteiger partial charge in [0.25, 0.3) is 5.91 Å². The third-order valence-corrected chi connectivity index (χ3v) is 3.87. The number of carbonyl (C=O) groups is 1. The van der Waals surface area contributed by atoms with Gasteiger partial charge in [0.15, 0.2) is 5.82 Å². The van der Waals surface area contributed by atoms with Crippen LogP contribution in [0.15, 0.2) is 91.3 Å². The third kappa shape index (κ3) is 4.01. The predicted molar refractivity (Wildman–Crippen MR) is 102 cm³/mol. The Hall–Kier alpha value is -3.93. The molecule has 0 fully saturated rings. The van der Waals surface area contributed by atoms with Gasteiger partial charge in [0, 0.05) is 29.7 Å². The van der Waals surface area contributed by atoms with Crippen molar-refractivity contribution in [3.05, 3.63) is 96.8 Å². The highest BCUT2D eigenvalue weighted by Crippen LogP contribution is 2.22. The average molecular weight is 356 g/mol. The number of benzene rings is 2. The second-order valence-electron chi connectivity index (χ2n) is 5.77. The summed E-state index contributed by atoms with van der Waals surface area (Å²) in [7, 11) is 0. The molecular formula is C21H16N4O2. The van der Waals surface area contributed by atoms with E-state index in [4.69, 9.17) is 4.74 Å². The van der Waals surface area contributed by atoms with Crippen molar-refractivity contribution in [2.24, 2.45) is 0 Å². The molecule has 27 heavy (non-hydrogen) atoms. The molecule has 0 saturated carbocycles. The van der Waals surface area contributed by atoms with Crippen molar-refractivity contribution < 1.29 is 9.53 Å². The van der Waals surface area contributed by atoms with Crippen molar-refractivity contribution in [2.45, 2.75) is 0 Å². The van der Waals surface area contributed by atoms with Crippen LogP contribution in [0.2, 0.25) is 0 Å². The van der Waals surface area contributed by atoms with Crippen LogP contribution in [0.3, 0.4) is 0 Å². The minimum atomic E-state index is -0.157. The largest absolute Gasteiger partial charge is 0.438 e. The van der Waals surface area contributed by atoms with E-state index in [2.05, 4.69) is 15.5 Å². The van der Waals surface area contributed by atoms with Crippen molar-refractivity contribution in [1.29, 1.82) is 0 Å². The zero-order valence-corrected chi connectivity index (χ0v) is 14.3. The highest BCUT2D eigenvalue weighted by Gasteiger charge is 2.06. The van der Waals surface area contributed by atoms with Crippen LogP contribution >= 0.6 is 0 Å².